The standard InChI is InChI=1S/C10H23O5PS/c1-2-3-4-5-6-7-9-17-10-8-14-15-16(11,12)13/h2-10H2,1H3,(H2,11,12,13). The zero-order valence-electron chi connectivity index (χ0n) is 10.3. The molecule has 0 heterocycles. The summed E-state index contributed by atoms with van der Waals surface area (Å²) in [6, 6.07) is 0. The zero-order chi connectivity index (χ0) is 13.0. The summed E-state index contributed by atoms with van der Waals surface area (Å²) in [6.07, 6.45) is 7.65. The fraction of sp³-hybridized carbons (Fsp3) is 1.00. The van der Waals surface area contributed by atoms with Crippen molar-refractivity contribution in [2.75, 3.05) is 18.1 Å². The molecular formula is C10H23O5PS. The summed E-state index contributed by atoms with van der Waals surface area (Å²) in [7, 11) is -4.47. The number of thioether (sulfide) groups is 1. The van der Waals surface area contributed by atoms with Gasteiger partial charge in [-0.3, -0.25) is 0 Å². The smallest absolute Gasteiger partial charge is 0.301 e. The van der Waals surface area contributed by atoms with Crippen molar-refractivity contribution in [3.05, 3.63) is 0 Å². The SMILES string of the molecule is CCCCCCCCSCCOOP(=O)(O)O. The zero-order valence-corrected chi connectivity index (χ0v) is 12.0. The lowest BCUT2D eigenvalue weighted by molar-refractivity contribution is -0.216. The van der Waals surface area contributed by atoms with Crippen molar-refractivity contribution >= 4 is 19.6 Å². The number of rotatable bonds is 12. The highest BCUT2D eigenvalue weighted by atomic mass is 32.2. The maximum absolute atomic E-state index is 10.2. The molecular weight excluding hydrogens is 263 g/mol. The predicted octanol–water partition coefficient (Wildman–Crippen LogP) is 3.12. The highest BCUT2D eigenvalue weighted by molar-refractivity contribution is 7.99. The molecule has 0 spiro atoms. The van der Waals surface area contributed by atoms with E-state index in [1.165, 1.54) is 38.5 Å². The van der Waals surface area contributed by atoms with Gasteiger partial charge in [0.05, 0.1) is 6.61 Å². The molecule has 0 atom stereocenters. The Hall–Kier alpha value is 0.420. The van der Waals surface area contributed by atoms with Gasteiger partial charge in [-0.2, -0.15) is 11.8 Å². The van der Waals surface area contributed by atoms with Crippen LogP contribution in [0.25, 0.3) is 0 Å². The van der Waals surface area contributed by atoms with E-state index in [4.69, 9.17) is 9.79 Å². The van der Waals surface area contributed by atoms with Crippen LogP contribution in [-0.4, -0.2) is 27.9 Å². The van der Waals surface area contributed by atoms with Gasteiger partial charge in [-0.25, -0.2) is 9.45 Å². The molecule has 0 aliphatic carbocycles. The van der Waals surface area contributed by atoms with Crippen molar-refractivity contribution < 1.29 is 23.9 Å². The molecule has 104 valence electrons. The molecule has 0 saturated carbocycles. The molecule has 17 heavy (non-hydrogen) atoms. The van der Waals surface area contributed by atoms with Gasteiger partial charge in [-0.1, -0.05) is 39.0 Å². The second kappa shape index (κ2) is 11.5. The number of phosphoric acid groups is 1. The molecule has 5 nitrogen and oxygen atoms in total. The van der Waals surface area contributed by atoms with Crippen LogP contribution in [0.1, 0.15) is 45.4 Å². The van der Waals surface area contributed by atoms with Crippen molar-refractivity contribution in [3.63, 3.8) is 0 Å². The summed E-state index contributed by atoms with van der Waals surface area (Å²) in [4.78, 5) is 21.0. The van der Waals surface area contributed by atoms with Gasteiger partial charge in [0.25, 0.3) is 0 Å². The minimum absolute atomic E-state index is 0.200. The van der Waals surface area contributed by atoms with Gasteiger partial charge in [0.2, 0.25) is 0 Å². The maximum atomic E-state index is 10.2. The first-order chi connectivity index (χ1) is 8.06. The van der Waals surface area contributed by atoms with Crippen molar-refractivity contribution in [2.45, 2.75) is 45.4 Å². The summed E-state index contributed by atoms with van der Waals surface area (Å²) in [6.45, 7) is 2.40. The van der Waals surface area contributed by atoms with Crippen LogP contribution in [-0.2, 0) is 14.1 Å². The van der Waals surface area contributed by atoms with E-state index in [-0.39, 0.29) is 6.61 Å². The van der Waals surface area contributed by atoms with E-state index in [0.29, 0.717) is 5.75 Å². The van der Waals surface area contributed by atoms with Crippen LogP contribution in [0, 0.1) is 0 Å². The average molecular weight is 286 g/mol. The van der Waals surface area contributed by atoms with E-state index in [0.717, 1.165) is 5.75 Å². The average Bonchev–Trinajstić information content (AvgIpc) is 2.24. The number of hydrogen-bond donors (Lipinski definition) is 2. The van der Waals surface area contributed by atoms with Crippen LogP contribution in [0.5, 0.6) is 0 Å². The van der Waals surface area contributed by atoms with E-state index >= 15 is 0 Å². The summed E-state index contributed by atoms with van der Waals surface area (Å²) in [5, 5.41) is 0. The Labute approximate surface area is 107 Å². The van der Waals surface area contributed by atoms with E-state index in [1.807, 2.05) is 0 Å². The lowest BCUT2D eigenvalue weighted by atomic mass is 10.1. The van der Waals surface area contributed by atoms with Gasteiger partial charge < -0.3 is 9.79 Å². The Morgan fingerprint density at radius 1 is 1.06 bits per heavy atom. The Bertz CT molecular complexity index is 209. The predicted molar refractivity (Wildman–Crippen MR) is 69.8 cm³/mol. The molecule has 0 bridgehead atoms. The number of hydrogen-bond acceptors (Lipinski definition) is 4. The van der Waals surface area contributed by atoms with E-state index < -0.39 is 7.82 Å². The Balaban J connectivity index is 3.01. The Kier molecular flexibility index (Phi) is 11.8. The minimum Gasteiger partial charge on any atom is -0.301 e. The molecule has 0 amide bonds. The molecule has 0 aromatic rings. The molecule has 0 aliphatic heterocycles. The van der Waals surface area contributed by atoms with Crippen molar-refractivity contribution in [2.24, 2.45) is 0 Å². The molecule has 0 fully saturated rings. The van der Waals surface area contributed by atoms with Crippen LogP contribution in [0.2, 0.25) is 0 Å². The Morgan fingerprint density at radius 3 is 2.35 bits per heavy atom. The maximum Gasteiger partial charge on any atom is 0.496 e. The minimum atomic E-state index is -4.47. The van der Waals surface area contributed by atoms with Gasteiger partial charge in [0.1, 0.15) is 0 Å². The van der Waals surface area contributed by atoms with Gasteiger partial charge >= 0.3 is 7.82 Å². The molecule has 0 unspecified atom stereocenters. The molecule has 7 heteroatoms. The summed E-state index contributed by atoms with van der Waals surface area (Å²) < 4.78 is 14.1. The van der Waals surface area contributed by atoms with Crippen LogP contribution < -0.4 is 0 Å². The normalized spacial score (nSPS) is 11.9. The van der Waals surface area contributed by atoms with Crippen molar-refractivity contribution in [3.8, 4) is 0 Å². The van der Waals surface area contributed by atoms with E-state index in [9.17, 15) is 4.57 Å². The highest BCUT2D eigenvalue weighted by Gasteiger charge is 2.14. The third-order valence-electron chi connectivity index (χ3n) is 2.10. The van der Waals surface area contributed by atoms with Crippen molar-refractivity contribution in [1.29, 1.82) is 0 Å². The quantitative estimate of drug-likeness (QED) is 0.248. The first-order valence-electron chi connectivity index (χ1n) is 6.00. The van der Waals surface area contributed by atoms with Gasteiger partial charge in [-0.05, 0) is 12.2 Å². The molecule has 0 saturated heterocycles. The largest absolute Gasteiger partial charge is 0.496 e. The van der Waals surface area contributed by atoms with Gasteiger partial charge in [-0.15, -0.1) is 4.67 Å². The van der Waals surface area contributed by atoms with Crippen LogP contribution >= 0.6 is 19.6 Å². The van der Waals surface area contributed by atoms with E-state index in [1.54, 1.807) is 11.8 Å². The van der Waals surface area contributed by atoms with Gasteiger partial charge in [0, 0.05) is 5.75 Å². The fourth-order valence-electron chi connectivity index (χ4n) is 1.29. The molecule has 0 aromatic heterocycles. The van der Waals surface area contributed by atoms with Crippen molar-refractivity contribution in [1.82, 2.24) is 0 Å². The summed E-state index contributed by atoms with van der Waals surface area (Å²) >= 11 is 1.71. The topological polar surface area (TPSA) is 76.0 Å². The molecule has 0 aromatic carbocycles. The summed E-state index contributed by atoms with van der Waals surface area (Å²) in [5.41, 5.74) is 0. The van der Waals surface area contributed by atoms with Gasteiger partial charge in [0.15, 0.2) is 0 Å². The molecule has 0 radical (unpaired) electrons. The molecule has 2 N–H and O–H groups in total. The highest BCUT2D eigenvalue weighted by Crippen LogP contribution is 2.35. The Morgan fingerprint density at radius 2 is 1.71 bits per heavy atom. The van der Waals surface area contributed by atoms with E-state index in [2.05, 4.69) is 16.5 Å². The van der Waals surface area contributed by atoms with Crippen LogP contribution in [0.3, 0.4) is 0 Å². The van der Waals surface area contributed by atoms with Crippen LogP contribution in [0.4, 0.5) is 0 Å². The first kappa shape index (κ1) is 17.4. The first-order valence-corrected chi connectivity index (χ1v) is 8.69. The number of unbranched alkanes of at least 4 members (excludes halogenated alkanes) is 5. The second-order valence-electron chi connectivity index (χ2n) is 3.77. The fourth-order valence-corrected chi connectivity index (χ4v) is 2.30. The molecule has 0 rings (SSSR count). The molecule has 0 aliphatic rings. The lowest BCUT2D eigenvalue weighted by Crippen LogP contribution is -1.98. The third kappa shape index (κ3) is 16.4. The second-order valence-corrected chi connectivity index (χ2v) is 6.12. The summed E-state index contributed by atoms with van der Waals surface area (Å²) in [5.74, 6) is 1.75. The lowest BCUT2D eigenvalue weighted by Gasteiger charge is -2.04. The monoisotopic (exact) mass is 286 g/mol. The van der Waals surface area contributed by atoms with Crippen LogP contribution in [0.15, 0.2) is 0 Å². The third-order valence-corrected chi connectivity index (χ3v) is 3.44.